The van der Waals surface area contributed by atoms with Gasteiger partial charge in [-0.1, -0.05) is 61.4 Å². The minimum Gasteiger partial charge on any atom is -0.487 e. The van der Waals surface area contributed by atoms with Crippen molar-refractivity contribution in [3.63, 3.8) is 0 Å². The van der Waals surface area contributed by atoms with Crippen LogP contribution in [0.15, 0.2) is 66.9 Å². The zero-order valence-electron chi connectivity index (χ0n) is 17.6. The van der Waals surface area contributed by atoms with Crippen LogP contribution in [0.25, 0.3) is 11.1 Å². The van der Waals surface area contributed by atoms with E-state index in [0.717, 1.165) is 24.3 Å². The predicted octanol–water partition coefficient (Wildman–Crippen LogP) is 5.03. The molecule has 1 fully saturated rings. The van der Waals surface area contributed by atoms with Crippen molar-refractivity contribution in [2.24, 2.45) is 0 Å². The van der Waals surface area contributed by atoms with Crippen LogP contribution in [0.3, 0.4) is 0 Å². The summed E-state index contributed by atoms with van der Waals surface area (Å²) < 4.78 is 6.01. The lowest BCUT2D eigenvalue weighted by Crippen LogP contribution is -2.45. The fraction of sp³-hybridized carbons (Fsp3) is 0.346. The molecule has 1 aromatic heterocycles. The molecule has 3 aromatic rings. The molecule has 0 bridgehead atoms. The van der Waals surface area contributed by atoms with Crippen molar-refractivity contribution in [2.45, 2.75) is 51.3 Å². The number of aromatic nitrogens is 1. The van der Waals surface area contributed by atoms with E-state index in [1.54, 1.807) is 6.20 Å². The molecule has 1 aliphatic rings. The number of hydrogen-bond acceptors (Lipinski definition) is 4. The predicted molar refractivity (Wildman–Crippen MR) is 120 cm³/mol. The number of benzene rings is 2. The topological polar surface area (TPSA) is 54.4 Å². The average Bonchev–Trinajstić information content (AvgIpc) is 3.28. The molecule has 0 spiro atoms. The van der Waals surface area contributed by atoms with Crippen LogP contribution < -0.4 is 10.1 Å². The number of aliphatic hydroxyl groups excluding tert-OH is 1. The van der Waals surface area contributed by atoms with Gasteiger partial charge in [0.05, 0.1) is 18.5 Å². The minimum atomic E-state index is -0.127. The Bertz CT molecular complexity index is 949. The number of hydrogen-bond donors (Lipinski definition) is 2. The monoisotopic (exact) mass is 402 g/mol. The van der Waals surface area contributed by atoms with Crippen molar-refractivity contribution >= 4 is 0 Å². The Labute approximate surface area is 179 Å². The van der Waals surface area contributed by atoms with Crippen molar-refractivity contribution in [2.75, 3.05) is 6.61 Å². The Morgan fingerprint density at radius 1 is 1.00 bits per heavy atom. The van der Waals surface area contributed by atoms with Gasteiger partial charge < -0.3 is 15.2 Å². The lowest BCUT2D eigenvalue weighted by atomic mass is 9.97. The molecule has 156 valence electrons. The van der Waals surface area contributed by atoms with E-state index in [0.29, 0.717) is 13.2 Å². The van der Waals surface area contributed by atoms with Gasteiger partial charge in [-0.05, 0) is 54.2 Å². The van der Waals surface area contributed by atoms with Gasteiger partial charge >= 0.3 is 0 Å². The summed E-state index contributed by atoms with van der Waals surface area (Å²) in [4.78, 5) is 4.54. The van der Waals surface area contributed by atoms with Crippen molar-refractivity contribution in [3.05, 3.63) is 83.7 Å². The van der Waals surface area contributed by atoms with Crippen LogP contribution in [0.2, 0.25) is 0 Å². The summed E-state index contributed by atoms with van der Waals surface area (Å²) in [5, 5.41) is 13.2. The number of aliphatic hydroxyl groups is 1. The van der Waals surface area contributed by atoms with E-state index in [-0.39, 0.29) is 12.1 Å². The van der Waals surface area contributed by atoms with Crippen molar-refractivity contribution < 1.29 is 9.84 Å². The number of ether oxygens (including phenoxy) is 1. The lowest BCUT2D eigenvalue weighted by molar-refractivity contribution is 0.162. The number of nitrogens with zero attached hydrogens (tertiary/aromatic N) is 1. The van der Waals surface area contributed by atoms with Crippen molar-refractivity contribution in [3.8, 4) is 16.9 Å². The first-order valence-electron chi connectivity index (χ1n) is 10.8. The first-order valence-corrected chi connectivity index (χ1v) is 10.8. The van der Waals surface area contributed by atoms with Gasteiger partial charge in [-0.25, -0.2) is 0 Å². The zero-order chi connectivity index (χ0) is 20.8. The van der Waals surface area contributed by atoms with E-state index in [1.165, 1.54) is 35.1 Å². The van der Waals surface area contributed by atoms with E-state index < -0.39 is 0 Å². The summed E-state index contributed by atoms with van der Waals surface area (Å²) in [5.41, 5.74) is 5.71. The summed E-state index contributed by atoms with van der Waals surface area (Å²) in [7, 11) is 0. The molecule has 0 aliphatic heterocycles. The van der Waals surface area contributed by atoms with Crippen LogP contribution in [-0.2, 0) is 13.2 Å². The Kier molecular flexibility index (Phi) is 6.46. The van der Waals surface area contributed by atoms with Crippen LogP contribution in [0, 0.1) is 6.92 Å². The molecular formula is C26H30N2O2. The maximum absolute atomic E-state index is 9.73. The van der Waals surface area contributed by atoms with Crippen LogP contribution in [0.4, 0.5) is 0 Å². The molecule has 0 amide bonds. The van der Waals surface area contributed by atoms with Gasteiger partial charge in [-0.15, -0.1) is 0 Å². The molecule has 0 radical (unpaired) electrons. The van der Waals surface area contributed by atoms with Gasteiger partial charge in [-0.2, -0.15) is 0 Å². The van der Waals surface area contributed by atoms with Gasteiger partial charge in [0.15, 0.2) is 0 Å². The molecule has 0 atom stereocenters. The molecule has 4 nitrogen and oxygen atoms in total. The number of pyridine rings is 1. The van der Waals surface area contributed by atoms with Gasteiger partial charge in [0.25, 0.3) is 0 Å². The number of nitrogens with one attached hydrogen (secondary N) is 1. The molecule has 0 saturated heterocycles. The van der Waals surface area contributed by atoms with Gasteiger partial charge in [0.2, 0.25) is 0 Å². The number of rotatable bonds is 8. The summed E-state index contributed by atoms with van der Waals surface area (Å²) in [6.45, 7) is 3.52. The molecule has 2 N–H and O–H groups in total. The van der Waals surface area contributed by atoms with Gasteiger partial charge in [0, 0.05) is 12.1 Å². The van der Waals surface area contributed by atoms with Gasteiger partial charge in [-0.3, -0.25) is 4.98 Å². The maximum atomic E-state index is 9.73. The van der Waals surface area contributed by atoms with E-state index in [4.69, 9.17) is 4.74 Å². The average molecular weight is 403 g/mol. The Morgan fingerprint density at radius 3 is 2.50 bits per heavy atom. The third-order valence-corrected chi connectivity index (χ3v) is 6.23. The third-order valence-electron chi connectivity index (χ3n) is 6.23. The molecule has 0 unspecified atom stereocenters. The minimum absolute atomic E-state index is 0.127. The SMILES string of the molecule is Cc1c(COc2ccc(CNC3(CO)CCCC3)nc2)cccc1-c1ccccc1. The van der Waals surface area contributed by atoms with E-state index in [9.17, 15) is 5.11 Å². The maximum Gasteiger partial charge on any atom is 0.138 e. The van der Waals surface area contributed by atoms with E-state index in [2.05, 4.69) is 59.7 Å². The quantitative estimate of drug-likeness (QED) is 0.555. The summed E-state index contributed by atoms with van der Waals surface area (Å²) in [6.07, 6.45) is 6.21. The highest BCUT2D eigenvalue weighted by molar-refractivity contribution is 5.68. The highest BCUT2D eigenvalue weighted by Gasteiger charge is 2.32. The van der Waals surface area contributed by atoms with E-state index >= 15 is 0 Å². The Hall–Kier alpha value is -2.69. The fourth-order valence-corrected chi connectivity index (χ4v) is 4.25. The molecule has 4 rings (SSSR count). The first-order chi connectivity index (χ1) is 14.7. The normalized spacial score (nSPS) is 15.3. The van der Waals surface area contributed by atoms with E-state index in [1.807, 2.05) is 18.2 Å². The second-order valence-corrected chi connectivity index (χ2v) is 8.23. The summed E-state index contributed by atoms with van der Waals surface area (Å²) in [5.74, 6) is 0.765. The molecule has 4 heteroatoms. The van der Waals surface area contributed by atoms with Crippen LogP contribution >= 0.6 is 0 Å². The Balaban J connectivity index is 1.37. The Morgan fingerprint density at radius 2 is 1.80 bits per heavy atom. The molecule has 1 aliphatic carbocycles. The first kappa shape index (κ1) is 20.6. The lowest BCUT2D eigenvalue weighted by Gasteiger charge is -2.27. The molecule has 1 saturated carbocycles. The summed E-state index contributed by atoms with van der Waals surface area (Å²) >= 11 is 0. The molecule has 1 heterocycles. The van der Waals surface area contributed by atoms with Crippen molar-refractivity contribution in [1.82, 2.24) is 10.3 Å². The van der Waals surface area contributed by atoms with Crippen LogP contribution in [0.1, 0.15) is 42.5 Å². The second kappa shape index (κ2) is 9.41. The largest absolute Gasteiger partial charge is 0.487 e. The third kappa shape index (κ3) is 4.72. The highest BCUT2D eigenvalue weighted by Crippen LogP contribution is 2.29. The highest BCUT2D eigenvalue weighted by atomic mass is 16.5. The fourth-order valence-electron chi connectivity index (χ4n) is 4.25. The molecule has 2 aromatic carbocycles. The smallest absolute Gasteiger partial charge is 0.138 e. The molecular weight excluding hydrogens is 372 g/mol. The van der Waals surface area contributed by atoms with Crippen LogP contribution in [-0.4, -0.2) is 22.2 Å². The van der Waals surface area contributed by atoms with Crippen LogP contribution in [0.5, 0.6) is 5.75 Å². The van der Waals surface area contributed by atoms with Gasteiger partial charge in [0.1, 0.15) is 12.4 Å². The van der Waals surface area contributed by atoms with Crippen molar-refractivity contribution in [1.29, 1.82) is 0 Å². The standard InChI is InChI=1S/C26H30N2O2/c1-20-22(10-7-11-25(20)21-8-3-2-4-9-21)18-30-24-13-12-23(27-17-24)16-28-26(19-29)14-5-6-15-26/h2-4,7-13,17,28-29H,5-6,14-16,18-19H2,1H3. The summed E-state index contributed by atoms with van der Waals surface area (Å²) in [6, 6.07) is 20.8. The molecule has 30 heavy (non-hydrogen) atoms. The zero-order valence-corrected chi connectivity index (χ0v) is 17.6. The second-order valence-electron chi connectivity index (χ2n) is 8.23.